The van der Waals surface area contributed by atoms with Crippen molar-refractivity contribution in [3.63, 3.8) is 0 Å². The monoisotopic (exact) mass is 266 g/mol. The zero-order valence-corrected chi connectivity index (χ0v) is 8.42. The maximum Gasteiger partial charge on any atom is 0.185 e. The van der Waals surface area contributed by atoms with Crippen molar-refractivity contribution in [1.29, 1.82) is 0 Å². The fraction of sp³-hybridized carbons (Fsp3) is 0. The van der Waals surface area contributed by atoms with Gasteiger partial charge in [0.25, 0.3) is 0 Å². The molecule has 96 valence electrons. The normalized spacial score (nSPS) is 11.2. The van der Waals surface area contributed by atoms with E-state index in [9.17, 15) is 26.3 Å². The molecule has 2 aromatic carbocycles. The molecule has 18 heavy (non-hydrogen) atoms. The van der Waals surface area contributed by atoms with Crippen molar-refractivity contribution in [2.24, 2.45) is 0 Å². The summed E-state index contributed by atoms with van der Waals surface area (Å²) in [5.74, 6) is -11.3. The Hall–Kier alpha value is -2.12. The van der Waals surface area contributed by atoms with Crippen LogP contribution in [0.4, 0.5) is 37.7 Å². The number of nitrogen functional groups attached to an aromatic ring is 2. The SMILES string of the molecule is Nc1c(F)c(F)c2c(F)c(F)c(N)c(F)c2c1F. The number of hydrogen-bond donors (Lipinski definition) is 2. The Morgan fingerprint density at radius 1 is 0.444 bits per heavy atom. The van der Waals surface area contributed by atoms with Gasteiger partial charge < -0.3 is 11.5 Å². The summed E-state index contributed by atoms with van der Waals surface area (Å²) in [6, 6.07) is 0. The minimum atomic E-state index is -1.99. The van der Waals surface area contributed by atoms with Crippen molar-refractivity contribution in [2.45, 2.75) is 0 Å². The van der Waals surface area contributed by atoms with Gasteiger partial charge in [-0.15, -0.1) is 0 Å². The summed E-state index contributed by atoms with van der Waals surface area (Å²) < 4.78 is 79.8. The average Bonchev–Trinajstić information content (AvgIpc) is 2.35. The van der Waals surface area contributed by atoms with Gasteiger partial charge in [-0.2, -0.15) is 0 Å². The first-order valence-electron chi connectivity index (χ1n) is 4.46. The Balaban J connectivity index is 3.22. The molecule has 2 aromatic rings. The number of benzene rings is 2. The van der Waals surface area contributed by atoms with Gasteiger partial charge in [0.1, 0.15) is 11.4 Å². The van der Waals surface area contributed by atoms with Crippen molar-refractivity contribution >= 4 is 22.1 Å². The van der Waals surface area contributed by atoms with Gasteiger partial charge in [-0.1, -0.05) is 0 Å². The first kappa shape index (κ1) is 12.3. The molecule has 0 aliphatic rings. The molecule has 0 aliphatic heterocycles. The Bertz CT molecular complexity index is 569. The second-order valence-electron chi connectivity index (χ2n) is 3.46. The third kappa shape index (κ3) is 1.31. The number of rotatable bonds is 0. The highest BCUT2D eigenvalue weighted by Gasteiger charge is 2.28. The van der Waals surface area contributed by atoms with Crippen LogP contribution in [0, 0.1) is 34.9 Å². The molecule has 2 nitrogen and oxygen atoms in total. The fourth-order valence-corrected chi connectivity index (χ4v) is 1.55. The van der Waals surface area contributed by atoms with Gasteiger partial charge in [-0.3, -0.25) is 0 Å². The summed E-state index contributed by atoms with van der Waals surface area (Å²) in [5, 5.41) is -2.84. The molecular weight excluding hydrogens is 262 g/mol. The van der Waals surface area contributed by atoms with Crippen molar-refractivity contribution in [3.05, 3.63) is 34.9 Å². The molecule has 0 heterocycles. The number of nitrogens with two attached hydrogens (primary N) is 2. The van der Waals surface area contributed by atoms with E-state index in [1.165, 1.54) is 0 Å². The summed E-state index contributed by atoms with van der Waals surface area (Å²) in [6.07, 6.45) is 0. The molecule has 4 N–H and O–H groups in total. The lowest BCUT2D eigenvalue weighted by Gasteiger charge is -2.10. The van der Waals surface area contributed by atoms with E-state index in [4.69, 9.17) is 11.5 Å². The minimum Gasteiger partial charge on any atom is -0.394 e. The summed E-state index contributed by atoms with van der Waals surface area (Å²) >= 11 is 0. The summed E-state index contributed by atoms with van der Waals surface area (Å²) in [5.41, 5.74) is 7.00. The van der Waals surface area contributed by atoms with Gasteiger partial charge in [-0.25, -0.2) is 26.3 Å². The number of halogens is 6. The smallest absolute Gasteiger partial charge is 0.185 e. The molecule has 0 saturated heterocycles. The number of hydrogen-bond acceptors (Lipinski definition) is 2. The van der Waals surface area contributed by atoms with E-state index in [2.05, 4.69) is 0 Å². The lowest BCUT2D eigenvalue weighted by Crippen LogP contribution is -2.08. The van der Waals surface area contributed by atoms with Crippen LogP contribution in [0.2, 0.25) is 0 Å². The highest BCUT2D eigenvalue weighted by molar-refractivity contribution is 5.91. The Morgan fingerprint density at radius 2 is 0.722 bits per heavy atom. The molecular formula is C10H4F6N2. The van der Waals surface area contributed by atoms with Crippen molar-refractivity contribution in [2.75, 3.05) is 11.5 Å². The molecule has 0 atom stereocenters. The van der Waals surface area contributed by atoms with E-state index in [-0.39, 0.29) is 0 Å². The van der Waals surface area contributed by atoms with E-state index >= 15 is 0 Å². The zero-order chi connectivity index (χ0) is 13.8. The Labute approximate surface area is 95.8 Å². The zero-order valence-electron chi connectivity index (χ0n) is 8.42. The van der Waals surface area contributed by atoms with E-state index in [1.54, 1.807) is 0 Å². The van der Waals surface area contributed by atoms with Crippen LogP contribution in [0.25, 0.3) is 10.8 Å². The van der Waals surface area contributed by atoms with Crippen LogP contribution in [0.3, 0.4) is 0 Å². The average molecular weight is 266 g/mol. The van der Waals surface area contributed by atoms with Crippen LogP contribution in [-0.4, -0.2) is 0 Å². The molecule has 0 amide bonds. The van der Waals surface area contributed by atoms with Gasteiger partial charge in [0.2, 0.25) is 0 Å². The molecule has 0 unspecified atom stereocenters. The molecule has 0 spiro atoms. The third-order valence-electron chi connectivity index (χ3n) is 2.46. The predicted molar refractivity (Wildman–Crippen MR) is 52.5 cm³/mol. The Morgan fingerprint density at radius 3 is 1.06 bits per heavy atom. The summed E-state index contributed by atoms with van der Waals surface area (Å²) in [7, 11) is 0. The van der Waals surface area contributed by atoms with E-state index < -0.39 is 57.1 Å². The maximum absolute atomic E-state index is 13.5. The quantitative estimate of drug-likeness (QED) is 0.437. The predicted octanol–water partition coefficient (Wildman–Crippen LogP) is 2.84. The summed E-state index contributed by atoms with van der Waals surface area (Å²) in [6.45, 7) is 0. The van der Waals surface area contributed by atoms with Crippen molar-refractivity contribution in [3.8, 4) is 0 Å². The van der Waals surface area contributed by atoms with E-state index in [0.29, 0.717) is 0 Å². The molecule has 0 fully saturated rings. The molecule has 8 heteroatoms. The van der Waals surface area contributed by atoms with Crippen LogP contribution in [0.1, 0.15) is 0 Å². The van der Waals surface area contributed by atoms with Gasteiger partial charge >= 0.3 is 0 Å². The minimum absolute atomic E-state index is 1.33. The summed E-state index contributed by atoms with van der Waals surface area (Å²) in [4.78, 5) is 0. The standard InChI is InChI=1S/C10H4F6N2/c11-3-1-2(5(13)9(17)7(3)15)6(14)10(18)8(16)4(1)12/h17-18H2. The van der Waals surface area contributed by atoms with E-state index in [1.807, 2.05) is 0 Å². The van der Waals surface area contributed by atoms with Crippen LogP contribution in [0.15, 0.2) is 0 Å². The van der Waals surface area contributed by atoms with Crippen LogP contribution < -0.4 is 11.5 Å². The van der Waals surface area contributed by atoms with Crippen LogP contribution in [-0.2, 0) is 0 Å². The molecule has 0 aromatic heterocycles. The molecule has 0 radical (unpaired) electrons. The van der Waals surface area contributed by atoms with Gasteiger partial charge in [0.05, 0.1) is 10.8 Å². The second-order valence-corrected chi connectivity index (χ2v) is 3.46. The van der Waals surface area contributed by atoms with Crippen molar-refractivity contribution in [1.82, 2.24) is 0 Å². The molecule has 0 bridgehead atoms. The molecule has 0 saturated carbocycles. The van der Waals surface area contributed by atoms with Crippen LogP contribution >= 0.6 is 0 Å². The maximum atomic E-state index is 13.5. The van der Waals surface area contributed by atoms with Crippen molar-refractivity contribution < 1.29 is 26.3 Å². The largest absolute Gasteiger partial charge is 0.394 e. The van der Waals surface area contributed by atoms with E-state index in [0.717, 1.165) is 0 Å². The number of fused-ring (bicyclic) bond motifs is 1. The lowest BCUT2D eigenvalue weighted by molar-refractivity contribution is 0.484. The highest BCUT2D eigenvalue weighted by Crippen LogP contribution is 2.36. The van der Waals surface area contributed by atoms with Gasteiger partial charge in [-0.05, 0) is 0 Å². The van der Waals surface area contributed by atoms with Crippen LogP contribution in [0.5, 0.6) is 0 Å². The number of anilines is 2. The van der Waals surface area contributed by atoms with Gasteiger partial charge in [0, 0.05) is 0 Å². The highest BCUT2D eigenvalue weighted by atomic mass is 19.2. The van der Waals surface area contributed by atoms with Gasteiger partial charge in [0.15, 0.2) is 34.9 Å². The molecule has 2 rings (SSSR count). The fourth-order valence-electron chi connectivity index (χ4n) is 1.55. The first-order chi connectivity index (χ1) is 8.29. The second kappa shape index (κ2) is 3.69. The first-order valence-corrected chi connectivity index (χ1v) is 4.46. The third-order valence-corrected chi connectivity index (χ3v) is 2.46. The lowest BCUT2D eigenvalue weighted by atomic mass is 10.0. The topological polar surface area (TPSA) is 52.0 Å². The Kier molecular flexibility index (Phi) is 2.53. The molecule has 0 aliphatic carbocycles.